The molecule has 1 aromatic heterocycles. The minimum atomic E-state index is -0.403. The number of hydrogen-bond donors (Lipinski definition) is 1. The van der Waals surface area contributed by atoms with Crippen LogP contribution in [0.1, 0.15) is 12.0 Å². The van der Waals surface area contributed by atoms with Gasteiger partial charge in [0, 0.05) is 26.0 Å². The van der Waals surface area contributed by atoms with E-state index >= 15 is 0 Å². The van der Waals surface area contributed by atoms with Crippen LogP contribution < -0.4 is 10.4 Å². The summed E-state index contributed by atoms with van der Waals surface area (Å²) in [6.07, 6.45) is 0.723. The van der Waals surface area contributed by atoms with Gasteiger partial charge in [-0.1, -0.05) is 17.8 Å². The van der Waals surface area contributed by atoms with Crippen molar-refractivity contribution in [3.05, 3.63) is 40.1 Å². The van der Waals surface area contributed by atoms with Gasteiger partial charge in [-0.3, -0.25) is 4.57 Å². The third-order valence-corrected chi connectivity index (χ3v) is 4.09. The first-order valence-electron chi connectivity index (χ1n) is 6.75. The lowest BCUT2D eigenvalue weighted by atomic mass is 10.2. The first-order valence-corrected chi connectivity index (χ1v) is 7.73. The minimum Gasteiger partial charge on any atom is -0.494 e. The van der Waals surface area contributed by atoms with E-state index in [-0.39, 0.29) is 11.4 Å². The lowest BCUT2D eigenvalue weighted by Crippen LogP contribution is -2.18. The molecule has 6 nitrogen and oxygen atoms in total. The molecule has 0 saturated carbocycles. The SMILES string of the molecule is COCCCn1c(SCc2ccc(OC)c(F)c2)n[nH]c1=O. The van der Waals surface area contributed by atoms with Crippen molar-refractivity contribution in [3.8, 4) is 5.75 Å². The number of benzene rings is 1. The van der Waals surface area contributed by atoms with E-state index in [2.05, 4.69) is 10.2 Å². The number of nitrogens with one attached hydrogen (secondary N) is 1. The quantitative estimate of drug-likeness (QED) is 0.593. The Morgan fingerprint density at radius 1 is 1.41 bits per heavy atom. The van der Waals surface area contributed by atoms with Crippen molar-refractivity contribution in [1.82, 2.24) is 14.8 Å². The Bertz CT molecular complexity index is 672. The zero-order valence-electron chi connectivity index (χ0n) is 12.5. The summed E-state index contributed by atoms with van der Waals surface area (Å²) in [4.78, 5) is 11.7. The summed E-state index contributed by atoms with van der Waals surface area (Å²) in [5, 5.41) is 7.01. The van der Waals surface area contributed by atoms with E-state index in [0.29, 0.717) is 24.1 Å². The Balaban J connectivity index is 2.02. The average Bonchev–Trinajstić information content (AvgIpc) is 2.86. The Morgan fingerprint density at radius 2 is 2.23 bits per heavy atom. The van der Waals surface area contributed by atoms with E-state index in [1.165, 1.54) is 24.9 Å². The van der Waals surface area contributed by atoms with Gasteiger partial charge in [-0.25, -0.2) is 14.3 Å². The summed E-state index contributed by atoms with van der Waals surface area (Å²) in [5.74, 6) is 0.320. The zero-order chi connectivity index (χ0) is 15.9. The molecule has 8 heteroatoms. The molecule has 0 saturated heterocycles. The van der Waals surface area contributed by atoms with Crippen molar-refractivity contribution in [2.75, 3.05) is 20.8 Å². The molecule has 1 aromatic carbocycles. The number of thioether (sulfide) groups is 1. The highest BCUT2D eigenvalue weighted by atomic mass is 32.2. The van der Waals surface area contributed by atoms with Crippen molar-refractivity contribution in [2.24, 2.45) is 0 Å². The predicted octanol–water partition coefficient (Wildman–Crippen LogP) is 2.05. The van der Waals surface area contributed by atoms with Crippen molar-refractivity contribution < 1.29 is 13.9 Å². The number of hydrogen-bond acceptors (Lipinski definition) is 5. The number of aromatic amines is 1. The Kier molecular flexibility index (Phi) is 6.02. The van der Waals surface area contributed by atoms with Crippen LogP contribution in [0.15, 0.2) is 28.2 Å². The van der Waals surface area contributed by atoms with Crippen LogP contribution in [0.3, 0.4) is 0 Å². The molecule has 120 valence electrons. The Hall–Kier alpha value is -1.80. The van der Waals surface area contributed by atoms with E-state index in [4.69, 9.17) is 9.47 Å². The fraction of sp³-hybridized carbons (Fsp3) is 0.429. The van der Waals surface area contributed by atoms with Gasteiger partial charge in [0.2, 0.25) is 0 Å². The highest BCUT2D eigenvalue weighted by molar-refractivity contribution is 7.98. The summed E-state index contributed by atoms with van der Waals surface area (Å²) >= 11 is 1.37. The Labute approximate surface area is 131 Å². The molecule has 0 bridgehead atoms. The molecule has 1 N–H and O–H groups in total. The molecule has 22 heavy (non-hydrogen) atoms. The van der Waals surface area contributed by atoms with Crippen molar-refractivity contribution >= 4 is 11.8 Å². The van der Waals surface area contributed by atoms with Gasteiger partial charge in [0.1, 0.15) is 0 Å². The fourth-order valence-electron chi connectivity index (χ4n) is 1.93. The Morgan fingerprint density at radius 3 is 2.91 bits per heavy atom. The molecular formula is C14H18FN3O3S. The van der Waals surface area contributed by atoms with Crippen LogP contribution in [0.4, 0.5) is 4.39 Å². The molecule has 0 aliphatic rings. The minimum absolute atomic E-state index is 0.213. The smallest absolute Gasteiger partial charge is 0.343 e. The molecule has 0 spiro atoms. The summed E-state index contributed by atoms with van der Waals surface area (Å²) in [5.41, 5.74) is 0.543. The predicted molar refractivity (Wildman–Crippen MR) is 81.9 cm³/mol. The van der Waals surface area contributed by atoms with Gasteiger partial charge >= 0.3 is 5.69 Å². The molecule has 0 unspecified atom stereocenters. The molecular weight excluding hydrogens is 309 g/mol. The first kappa shape index (κ1) is 16.6. The van der Waals surface area contributed by atoms with E-state index < -0.39 is 5.82 Å². The maximum absolute atomic E-state index is 13.6. The van der Waals surface area contributed by atoms with Gasteiger partial charge in [-0.15, -0.1) is 5.10 Å². The number of H-pyrrole nitrogens is 1. The van der Waals surface area contributed by atoms with Crippen LogP contribution >= 0.6 is 11.8 Å². The number of halogens is 1. The largest absolute Gasteiger partial charge is 0.494 e. The summed E-state index contributed by atoms with van der Waals surface area (Å²) in [6, 6.07) is 4.79. The second-order valence-electron chi connectivity index (χ2n) is 4.57. The van der Waals surface area contributed by atoms with Crippen LogP contribution in [0.5, 0.6) is 5.75 Å². The zero-order valence-corrected chi connectivity index (χ0v) is 13.3. The molecule has 0 aliphatic heterocycles. The van der Waals surface area contributed by atoms with Gasteiger partial charge in [-0.05, 0) is 24.1 Å². The summed E-state index contributed by atoms with van der Waals surface area (Å²) < 4.78 is 25.1. The normalized spacial score (nSPS) is 10.9. The number of nitrogens with zero attached hydrogens (tertiary/aromatic N) is 2. The van der Waals surface area contributed by atoms with Crippen LogP contribution in [-0.2, 0) is 17.0 Å². The molecule has 0 amide bonds. The van der Waals surface area contributed by atoms with Gasteiger partial charge in [0.25, 0.3) is 0 Å². The van der Waals surface area contributed by atoms with Crippen LogP contribution in [0.25, 0.3) is 0 Å². The van der Waals surface area contributed by atoms with E-state index in [0.717, 1.165) is 12.0 Å². The van der Waals surface area contributed by atoms with Crippen LogP contribution in [0, 0.1) is 5.82 Å². The van der Waals surface area contributed by atoms with Crippen molar-refractivity contribution in [3.63, 3.8) is 0 Å². The topological polar surface area (TPSA) is 69.1 Å². The standard InChI is InChI=1S/C14H18FN3O3S/c1-20-7-3-6-18-13(19)16-17-14(18)22-9-10-4-5-12(21-2)11(15)8-10/h4-5,8H,3,6-7,9H2,1-2H3,(H,16,19). The van der Waals surface area contributed by atoms with Crippen molar-refractivity contribution in [1.29, 1.82) is 0 Å². The third-order valence-electron chi connectivity index (χ3n) is 3.04. The molecule has 0 aliphatic carbocycles. The fourth-order valence-corrected chi connectivity index (χ4v) is 2.84. The molecule has 1 heterocycles. The van der Waals surface area contributed by atoms with Gasteiger partial charge in [-0.2, -0.15) is 0 Å². The second-order valence-corrected chi connectivity index (χ2v) is 5.51. The molecule has 2 aromatic rings. The highest BCUT2D eigenvalue weighted by Gasteiger charge is 2.10. The summed E-state index contributed by atoms with van der Waals surface area (Å²) in [6.45, 7) is 1.11. The number of methoxy groups -OCH3 is 2. The number of aromatic nitrogens is 3. The molecule has 0 fully saturated rings. The maximum Gasteiger partial charge on any atom is 0.343 e. The first-order chi connectivity index (χ1) is 10.7. The second kappa shape index (κ2) is 8.00. The lowest BCUT2D eigenvalue weighted by molar-refractivity contribution is 0.189. The summed E-state index contributed by atoms with van der Waals surface area (Å²) in [7, 11) is 3.04. The number of ether oxygens (including phenoxy) is 2. The van der Waals surface area contributed by atoms with Gasteiger partial charge < -0.3 is 9.47 Å². The molecule has 0 radical (unpaired) electrons. The van der Waals surface area contributed by atoms with Crippen LogP contribution in [0.2, 0.25) is 0 Å². The van der Waals surface area contributed by atoms with E-state index in [1.807, 2.05) is 0 Å². The maximum atomic E-state index is 13.6. The van der Waals surface area contributed by atoms with E-state index in [1.54, 1.807) is 23.8 Å². The third kappa shape index (κ3) is 4.11. The molecule has 0 atom stereocenters. The highest BCUT2D eigenvalue weighted by Crippen LogP contribution is 2.23. The van der Waals surface area contributed by atoms with Crippen LogP contribution in [-0.4, -0.2) is 35.6 Å². The van der Waals surface area contributed by atoms with Crippen molar-refractivity contribution in [2.45, 2.75) is 23.9 Å². The number of rotatable bonds is 8. The monoisotopic (exact) mass is 327 g/mol. The van der Waals surface area contributed by atoms with E-state index in [9.17, 15) is 9.18 Å². The average molecular weight is 327 g/mol. The molecule has 2 rings (SSSR count). The van der Waals surface area contributed by atoms with Gasteiger partial charge in [0.05, 0.1) is 7.11 Å². The van der Waals surface area contributed by atoms with Gasteiger partial charge in [0.15, 0.2) is 16.7 Å². The lowest BCUT2D eigenvalue weighted by Gasteiger charge is -2.06.